The van der Waals surface area contributed by atoms with Gasteiger partial charge in [0.05, 0.1) is 19.4 Å². The molecule has 0 radical (unpaired) electrons. The molecule has 1 aliphatic rings. The zero-order valence-corrected chi connectivity index (χ0v) is 3.85. The van der Waals surface area contributed by atoms with E-state index >= 15 is 0 Å². The first-order chi connectivity index (χ1) is 3.43. The van der Waals surface area contributed by atoms with Gasteiger partial charge in [-0.3, -0.25) is 5.32 Å². The molecule has 1 fully saturated rings. The molecule has 1 aliphatic heterocycles. The van der Waals surface area contributed by atoms with Crippen molar-refractivity contribution in [1.29, 1.82) is 5.26 Å². The Labute approximate surface area is 41.9 Å². The largest absolute Gasteiger partial charge is 0.364 e. The SMILES string of the molecule is N#CC1COCN1. The van der Waals surface area contributed by atoms with Crippen LogP contribution in [0.2, 0.25) is 0 Å². The maximum atomic E-state index is 8.17. The molecule has 3 nitrogen and oxygen atoms in total. The summed E-state index contributed by atoms with van der Waals surface area (Å²) in [5.41, 5.74) is 0. The minimum absolute atomic E-state index is 0.0694. The standard InChI is InChI=1S/C4H6N2O/c5-1-4-2-7-3-6-4/h4,6H,2-3H2. The minimum Gasteiger partial charge on any atom is -0.364 e. The second kappa shape index (κ2) is 1.92. The van der Waals surface area contributed by atoms with Gasteiger partial charge >= 0.3 is 0 Å². The zero-order valence-electron chi connectivity index (χ0n) is 3.85. The lowest BCUT2D eigenvalue weighted by Gasteiger charge is -1.88. The van der Waals surface area contributed by atoms with E-state index in [-0.39, 0.29) is 6.04 Å². The topological polar surface area (TPSA) is 45.0 Å². The van der Waals surface area contributed by atoms with Crippen molar-refractivity contribution in [2.24, 2.45) is 0 Å². The lowest BCUT2D eigenvalue weighted by Crippen LogP contribution is -2.20. The molecule has 1 unspecified atom stereocenters. The molecule has 0 bridgehead atoms. The number of rotatable bonds is 0. The number of nitrogens with zero attached hydrogens (tertiary/aromatic N) is 1. The normalized spacial score (nSPS) is 29.9. The van der Waals surface area contributed by atoms with Gasteiger partial charge in [0.1, 0.15) is 6.04 Å². The van der Waals surface area contributed by atoms with Crippen molar-refractivity contribution < 1.29 is 4.74 Å². The van der Waals surface area contributed by atoms with Crippen molar-refractivity contribution in [3.8, 4) is 6.07 Å². The highest BCUT2D eigenvalue weighted by Gasteiger charge is 2.11. The Hall–Kier alpha value is -0.590. The summed E-state index contributed by atoms with van der Waals surface area (Å²) < 4.78 is 4.81. The monoisotopic (exact) mass is 98.0 g/mol. The van der Waals surface area contributed by atoms with Crippen LogP contribution in [0, 0.1) is 11.3 Å². The fraction of sp³-hybridized carbons (Fsp3) is 0.750. The third kappa shape index (κ3) is 0.889. The summed E-state index contributed by atoms with van der Waals surface area (Å²) in [6.07, 6.45) is 0. The summed E-state index contributed by atoms with van der Waals surface area (Å²) in [5.74, 6) is 0. The lowest BCUT2D eigenvalue weighted by atomic mass is 10.4. The number of ether oxygens (including phenoxy) is 1. The molecule has 38 valence electrons. The van der Waals surface area contributed by atoms with Crippen molar-refractivity contribution in [2.45, 2.75) is 6.04 Å². The number of nitriles is 1. The van der Waals surface area contributed by atoms with E-state index in [2.05, 4.69) is 5.32 Å². The van der Waals surface area contributed by atoms with Gasteiger partial charge in [0.25, 0.3) is 0 Å². The predicted molar refractivity (Wildman–Crippen MR) is 23.4 cm³/mol. The number of hydrogen-bond donors (Lipinski definition) is 1. The van der Waals surface area contributed by atoms with Crippen LogP contribution in [0.3, 0.4) is 0 Å². The maximum Gasteiger partial charge on any atom is 0.121 e. The first-order valence-electron chi connectivity index (χ1n) is 2.14. The van der Waals surface area contributed by atoms with E-state index in [9.17, 15) is 0 Å². The van der Waals surface area contributed by atoms with Gasteiger partial charge in [-0.15, -0.1) is 0 Å². The second-order valence-corrected chi connectivity index (χ2v) is 1.40. The van der Waals surface area contributed by atoms with Crippen LogP contribution in [0.25, 0.3) is 0 Å². The zero-order chi connectivity index (χ0) is 5.11. The predicted octanol–water partition coefficient (Wildman–Crippen LogP) is -0.544. The highest BCUT2D eigenvalue weighted by molar-refractivity contribution is 4.90. The van der Waals surface area contributed by atoms with E-state index in [4.69, 9.17) is 10.00 Å². The quantitative estimate of drug-likeness (QED) is 0.442. The molecule has 3 heteroatoms. The molecule has 1 atom stereocenters. The molecule has 1 N–H and O–H groups in total. The molecule has 0 spiro atoms. The molecule has 0 aromatic heterocycles. The Kier molecular flexibility index (Phi) is 1.25. The van der Waals surface area contributed by atoms with Crippen molar-refractivity contribution in [2.75, 3.05) is 13.3 Å². The number of hydrogen-bond acceptors (Lipinski definition) is 3. The van der Waals surface area contributed by atoms with Crippen LogP contribution in [0.1, 0.15) is 0 Å². The van der Waals surface area contributed by atoms with Gasteiger partial charge in [0.15, 0.2) is 0 Å². The molecule has 1 heterocycles. The fourth-order valence-corrected chi connectivity index (χ4v) is 0.478. The highest BCUT2D eigenvalue weighted by Crippen LogP contribution is 1.89. The van der Waals surface area contributed by atoms with Crippen LogP contribution in [0.15, 0.2) is 0 Å². The maximum absolute atomic E-state index is 8.17. The van der Waals surface area contributed by atoms with E-state index in [0.717, 1.165) is 0 Å². The molecule has 0 saturated carbocycles. The van der Waals surface area contributed by atoms with Crippen LogP contribution in [-0.2, 0) is 4.74 Å². The Morgan fingerprint density at radius 2 is 2.71 bits per heavy atom. The Morgan fingerprint density at radius 1 is 1.86 bits per heavy atom. The van der Waals surface area contributed by atoms with E-state index in [1.54, 1.807) is 0 Å². The van der Waals surface area contributed by atoms with Crippen molar-refractivity contribution in [3.63, 3.8) is 0 Å². The van der Waals surface area contributed by atoms with Crippen molar-refractivity contribution >= 4 is 0 Å². The second-order valence-electron chi connectivity index (χ2n) is 1.40. The van der Waals surface area contributed by atoms with Crippen LogP contribution in [0.4, 0.5) is 0 Å². The Bertz CT molecular complexity index is 90.4. The summed E-state index contributed by atoms with van der Waals surface area (Å²) in [6, 6.07) is 1.96. The van der Waals surface area contributed by atoms with Gasteiger partial charge in [-0.1, -0.05) is 0 Å². The lowest BCUT2D eigenvalue weighted by molar-refractivity contribution is 0.192. The minimum atomic E-state index is -0.0694. The smallest absolute Gasteiger partial charge is 0.121 e. The molecular weight excluding hydrogens is 92.1 g/mol. The van der Waals surface area contributed by atoms with Gasteiger partial charge in [0, 0.05) is 0 Å². The Morgan fingerprint density at radius 3 is 3.00 bits per heavy atom. The number of nitrogens with one attached hydrogen (secondary N) is 1. The van der Waals surface area contributed by atoms with Crippen LogP contribution in [0.5, 0.6) is 0 Å². The first-order valence-corrected chi connectivity index (χ1v) is 2.14. The molecule has 0 amide bonds. The van der Waals surface area contributed by atoms with E-state index in [0.29, 0.717) is 13.3 Å². The summed E-state index contributed by atoms with van der Waals surface area (Å²) in [7, 11) is 0. The van der Waals surface area contributed by atoms with E-state index in [1.807, 2.05) is 6.07 Å². The van der Waals surface area contributed by atoms with Gasteiger partial charge in [0.2, 0.25) is 0 Å². The molecule has 1 saturated heterocycles. The van der Waals surface area contributed by atoms with Gasteiger partial charge < -0.3 is 4.74 Å². The van der Waals surface area contributed by atoms with Crippen LogP contribution >= 0.6 is 0 Å². The Balaban J connectivity index is 2.31. The van der Waals surface area contributed by atoms with Gasteiger partial charge in [-0.25, -0.2) is 0 Å². The van der Waals surface area contributed by atoms with E-state index in [1.165, 1.54) is 0 Å². The van der Waals surface area contributed by atoms with Crippen molar-refractivity contribution in [1.82, 2.24) is 5.32 Å². The molecule has 1 rings (SSSR count). The third-order valence-electron chi connectivity index (χ3n) is 0.872. The average molecular weight is 98.1 g/mol. The molecule has 7 heavy (non-hydrogen) atoms. The van der Waals surface area contributed by atoms with Gasteiger partial charge in [-0.05, 0) is 0 Å². The summed E-state index contributed by atoms with van der Waals surface area (Å²) >= 11 is 0. The molecular formula is C4H6N2O. The van der Waals surface area contributed by atoms with Gasteiger partial charge in [-0.2, -0.15) is 5.26 Å². The molecule has 0 aromatic rings. The van der Waals surface area contributed by atoms with Crippen LogP contribution < -0.4 is 5.32 Å². The summed E-state index contributed by atoms with van der Waals surface area (Å²) in [4.78, 5) is 0. The third-order valence-corrected chi connectivity index (χ3v) is 0.872. The van der Waals surface area contributed by atoms with Crippen LogP contribution in [-0.4, -0.2) is 19.4 Å². The average Bonchev–Trinajstić information content (AvgIpc) is 2.14. The summed E-state index contributed by atoms with van der Waals surface area (Å²) in [6.45, 7) is 1.06. The van der Waals surface area contributed by atoms with E-state index < -0.39 is 0 Å². The molecule has 0 aliphatic carbocycles. The summed E-state index contributed by atoms with van der Waals surface area (Å²) in [5, 5.41) is 11.0. The van der Waals surface area contributed by atoms with Crippen molar-refractivity contribution in [3.05, 3.63) is 0 Å². The highest BCUT2D eigenvalue weighted by atomic mass is 16.5. The first kappa shape index (κ1) is 4.57. The molecule has 0 aromatic carbocycles. The fourth-order valence-electron chi connectivity index (χ4n) is 0.478.